The third-order valence-corrected chi connectivity index (χ3v) is 3.77. The fourth-order valence-electron chi connectivity index (χ4n) is 2.41. The van der Waals surface area contributed by atoms with Gasteiger partial charge in [-0.3, -0.25) is 0 Å². The van der Waals surface area contributed by atoms with Gasteiger partial charge in [0.15, 0.2) is 0 Å². The summed E-state index contributed by atoms with van der Waals surface area (Å²) in [6, 6.07) is 6.53. The maximum atomic E-state index is 5.92. The average molecular weight is 223 g/mol. The Hall–Kier alpha value is -0.690. The summed E-state index contributed by atoms with van der Waals surface area (Å²) in [6.45, 7) is 0. The summed E-state index contributed by atoms with van der Waals surface area (Å²) in [5, 5.41) is 0.337. The van der Waals surface area contributed by atoms with Crippen molar-refractivity contribution in [3.05, 3.63) is 29.3 Å². The fourth-order valence-corrected chi connectivity index (χ4v) is 2.81. The van der Waals surface area contributed by atoms with Crippen LogP contribution in [0.2, 0.25) is 0 Å². The Morgan fingerprint density at radius 1 is 1.13 bits per heavy atom. The monoisotopic (exact) mass is 222 g/mol. The molecular weight excluding hydrogens is 208 g/mol. The zero-order chi connectivity index (χ0) is 10.3. The molecule has 1 aromatic carbocycles. The van der Waals surface area contributed by atoms with Crippen LogP contribution in [0.3, 0.4) is 0 Å². The van der Waals surface area contributed by atoms with Crippen LogP contribution in [-0.2, 0) is 12.8 Å². The molecule has 3 rings (SSSR count). The Morgan fingerprint density at radius 3 is 2.73 bits per heavy atom. The van der Waals surface area contributed by atoms with E-state index in [1.807, 2.05) is 0 Å². The van der Waals surface area contributed by atoms with Gasteiger partial charge in [0.1, 0.15) is 11.9 Å². The molecule has 0 heterocycles. The van der Waals surface area contributed by atoms with Crippen molar-refractivity contribution in [2.75, 3.05) is 0 Å². The minimum Gasteiger partial charge on any atom is -0.490 e. The number of halogens is 1. The number of hydrogen-bond donors (Lipinski definition) is 0. The number of aryl methyl sites for hydroxylation is 2. The van der Waals surface area contributed by atoms with Crippen molar-refractivity contribution in [3.63, 3.8) is 0 Å². The van der Waals surface area contributed by atoms with E-state index in [-0.39, 0.29) is 0 Å². The number of fused-ring (bicyclic) bond motifs is 1. The van der Waals surface area contributed by atoms with Gasteiger partial charge < -0.3 is 4.74 Å². The Labute approximate surface area is 95.4 Å². The second kappa shape index (κ2) is 3.71. The summed E-state index contributed by atoms with van der Waals surface area (Å²) in [6.07, 6.45) is 6.11. The molecule has 0 N–H and O–H groups in total. The smallest absolute Gasteiger partial charge is 0.120 e. The second-order valence-corrected chi connectivity index (χ2v) is 5.21. The third kappa shape index (κ3) is 1.85. The molecule has 1 saturated carbocycles. The Morgan fingerprint density at radius 2 is 1.93 bits per heavy atom. The minimum atomic E-state index is 0.337. The number of hydrogen-bond acceptors (Lipinski definition) is 1. The molecule has 2 heteroatoms. The van der Waals surface area contributed by atoms with Gasteiger partial charge in [0.05, 0.1) is 0 Å². The SMILES string of the molecule is ClC1CC(Oc2ccc3c(c2)CCC3)C1. The van der Waals surface area contributed by atoms with Gasteiger partial charge in [-0.25, -0.2) is 0 Å². The van der Waals surface area contributed by atoms with Gasteiger partial charge in [0.2, 0.25) is 0 Å². The maximum absolute atomic E-state index is 5.92. The van der Waals surface area contributed by atoms with E-state index in [0.717, 1.165) is 18.6 Å². The predicted molar refractivity (Wildman–Crippen MR) is 61.8 cm³/mol. The van der Waals surface area contributed by atoms with Crippen LogP contribution in [0.1, 0.15) is 30.4 Å². The van der Waals surface area contributed by atoms with Gasteiger partial charge >= 0.3 is 0 Å². The van der Waals surface area contributed by atoms with Crippen molar-refractivity contribution in [2.45, 2.75) is 43.6 Å². The van der Waals surface area contributed by atoms with Crippen LogP contribution >= 0.6 is 11.6 Å². The molecule has 0 aromatic heterocycles. The van der Waals surface area contributed by atoms with Gasteiger partial charge in [0.25, 0.3) is 0 Å². The van der Waals surface area contributed by atoms with Crippen molar-refractivity contribution in [1.82, 2.24) is 0 Å². The first-order valence-corrected chi connectivity index (χ1v) is 6.17. The van der Waals surface area contributed by atoms with Crippen molar-refractivity contribution >= 4 is 11.6 Å². The molecule has 0 unspecified atom stereocenters. The molecule has 1 aromatic rings. The van der Waals surface area contributed by atoms with E-state index in [9.17, 15) is 0 Å². The highest BCUT2D eigenvalue weighted by molar-refractivity contribution is 6.21. The molecule has 2 aliphatic rings. The number of rotatable bonds is 2. The first kappa shape index (κ1) is 9.53. The summed E-state index contributed by atoms with van der Waals surface area (Å²) in [4.78, 5) is 0. The van der Waals surface area contributed by atoms with E-state index in [0.29, 0.717) is 11.5 Å². The quantitative estimate of drug-likeness (QED) is 0.698. The lowest BCUT2D eigenvalue weighted by Gasteiger charge is -2.31. The molecule has 1 nitrogen and oxygen atoms in total. The number of alkyl halides is 1. The van der Waals surface area contributed by atoms with Crippen LogP contribution in [0.15, 0.2) is 18.2 Å². The van der Waals surface area contributed by atoms with Gasteiger partial charge in [-0.05, 0) is 42.5 Å². The van der Waals surface area contributed by atoms with Crippen LogP contribution in [0.4, 0.5) is 0 Å². The summed E-state index contributed by atoms with van der Waals surface area (Å²) in [5.74, 6) is 1.03. The number of ether oxygens (including phenoxy) is 1. The van der Waals surface area contributed by atoms with Crippen molar-refractivity contribution in [2.24, 2.45) is 0 Å². The summed E-state index contributed by atoms with van der Waals surface area (Å²) < 4.78 is 5.86. The molecule has 15 heavy (non-hydrogen) atoms. The molecule has 0 aliphatic heterocycles. The van der Waals surface area contributed by atoms with Crippen LogP contribution in [0.5, 0.6) is 5.75 Å². The largest absolute Gasteiger partial charge is 0.490 e. The topological polar surface area (TPSA) is 9.23 Å². The van der Waals surface area contributed by atoms with Gasteiger partial charge in [0, 0.05) is 18.2 Å². The van der Waals surface area contributed by atoms with Crippen molar-refractivity contribution in [3.8, 4) is 5.75 Å². The molecule has 0 bridgehead atoms. The maximum Gasteiger partial charge on any atom is 0.120 e. The normalized spacial score (nSPS) is 28.3. The van der Waals surface area contributed by atoms with Crippen LogP contribution < -0.4 is 4.74 Å². The first-order chi connectivity index (χ1) is 7.31. The fraction of sp³-hybridized carbons (Fsp3) is 0.538. The summed E-state index contributed by atoms with van der Waals surface area (Å²) >= 11 is 5.92. The van der Waals surface area contributed by atoms with Gasteiger partial charge in [-0.1, -0.05) is 6.07 Å². The lowest BCUT2D eigenvalue weighted by atomic mass is 9.95. The Kier molecular flexibility index (Phi) is 2.36. The van der Waals surface area contributed by atoms with E-state index in [1.54, 1.807) is 0 Å². The molecular formula is C13H15ClO. The lowest BCUT2D eigenvalue weighted by molar-refractivity contribution is 0.124. The summed E-state index contributed by atoms with van der Waals surface area (Å²) in [5.41, 5.74) is 2.99. The van der Waals surface area contributed by atoms with E-state index in [2.05, 4.69) is 18.2 Å². The number of benzene rings is 1. The molecule has 80 valence electrons. The molecule has 0 saturated heterocycles. The predicted octanol–water partition coefficient (Wildman–Crippen LogP) is 3.32. The molecule has 0 atom stereocenters. The molecule has 2 aliphatic carbocycles. The zero-order valence-electron chi connectivity index (χ0n) is 8.71. The van der Waals surface area contributed by atoms with E-state index in [4.69, 9.17) is 16.3 Å². The van der Waals surface area contributed by atoms with Gasteiger partial charge in [-0.15, -0.1) is 11.6 Å². The highest BCUT2D eigenvalue weighted by Gasteiger charge is 2.29. The average Bonchev–Trinajstić information content (AvgIpc) is 2.62. The van der Waals surface area contributed by atoms with E-state index < -0.39 is 0 Å². The summed E-state index contributed by atoms with van der Waals surface area (Å²) in [7, 11) is 0. The highest BCUT2D eigenvalue weighted by atomic mass is 35.5. The molecule has 1 fully saturated rings. The van der Waals surface area contributed by atoms with Crippen molar-refractivity contribution in [1.29, 1.82) is 0 Å². The van der Waals surface area contributed by atoms with Crippen LogP contribution in [-0.4, -0.2) is 11.5 Å². The lowest BCUT2D eigenvalue weighted by Crippen LogP contribution is -2.34. The standard InChI is InChI=1S/C13H15ClO/c14-11-7-13(8-11)15-12-5-4-9-2-1-3-10(9)6-12/h4-6,11,13H,1-3,7-8H2. The second-order valence-electron chi connectivity index (χ2n) is 4.59. The third-order valence-electron chi connectivity index (χ3n) is 3.41. The van der Waals surface area contributed by atoms with Crippen LogP contribution in [0, 0.1) is 0 Å². The van der Waals surface area contributed by atoms with E-state index >= 15 is 0 Å². The minimum absolute atomic E-state index is 0.337. The molecule has 0 spiro atoms. The zero-order valence-corrected chi connectivity index (χ0v) is 9.46. The Bertz CT molecular complexity index is 369. The molecule has 0 amide bonds. The van der Waals surface area contributed by atoms with Crippen molar-refractivity contribution < 1.29 is 4.74 Å². The first-order valence-electron chi connectivity index (χ1n) is 5.74. The highest BCUT2D eigenvalue weighted by Crippen LogP contribution is 2.32. The Balaban J connectivity index is 1.70. The van der Waals surface area contributed by atoms with Crippen LogP contribution in [0.25, 0.3) is 0 Å². The van der Waals surface area contributed by atoms with E-state index in [1.165, 1.54) is 30.4 Å². The molecule has 0 radical (unpaired) electrons. The van der Waals surface area contributed by atoms with Gasteiger partial charge in [-0.2, -0.15) is 0 Å².